The summed E-state index contributed by atoms with van der Waals surface area (Å²) in [5, 5.41) is 35.6. The third kappa shape index (κ3) is 8.16. The van der Waals surface area contributed by atoms with Crippen LogP contribution in [0.1, 0.15) is 63.4 Å². The number of hydrogen-bond donors (Lipinski definition) is 6. The Hall–Kier alpha value is -5.93. The first-order valence-electron chi connectivity index (χ1n) is 16.8. The lowest BCUT2D eigenvalue weighted by Crippen LogP contribution is -2.32. The highest BCUT2D eigenvalue weighted by atomic mass is 19.4. The van der Waals surface area contributed by atoms with E-state index in [-0.39, 0.29) is 17.5 Å². The number of nitrogens with zero attached hydrogens (tertiary/aromatic N) is 8. The Labute approximate surface area is 303 Å². The van der Waals surface area contributed by atoms with E-state index in [1.165, 1.54) is 12.7 Å². The van der Waals surface area contributed by atoms with E-state index in [0.717, 1.165) is 22.2 Å². The van der Waals surface area contributed by atoms with Crippen LogP contribution in [0.3, 0.4) is 0 Å². The normalized spacial score (nSPS) is 15.1. The van der Waals surface area contributed by atoms with E-state index in [2.05, 4.69) is 40.2 Å². The lowest BCUT2D eigenvalue weighted by Gasteiger charge is -2.27. The summed E-state index contributed by atoms with van der Waals surface area (Å²) in [6, 6.07) is 3.75. The molecule has 2 unspecified atom stereocenters. The molecule has 7 N–H and O–H groups in total. The number of fused-ring (bicyclic) bond motifs is 4. The molecule has 2 atom stereocenters. The highest BCUT2D eigenvalue weighted by Crippen LogP contribution is 2.32. The van der Waals surface area contributed by atoms with Crippen molar-refractivity contribution in [2.75, 3.05) is 29.4 Å². The first kappa shape index (κ1) is 37.8. The maximum absolute atomic E-state index is 12.4. The largest absolute Gasteiger partial charge is 0.476 e. The lowest BCUT2D eigenvalue weighted by atomic mass is 10.0. The summed E-state index contributed by atoms with van der Waals surface area (Å²) >= 11 is 0. The van der Waals surface area contributed by atoms with Crippen molar-refractivity contribution in [1.29, 1.82) is 0 Å². The second-order valence-corrected chi connectivity index (χ2v) is 12.5. The molecular formula is C33H36F3N11O7. The Morgan fingerprint density at radius 1 is 0.870 bits per heavy atom. The highest BCUT2D eigenvalue weighted by molar-refractivity contribution is 5.96. The topological polar surface area (TPSA) is 263 Å². The number of nitrogens with two attached hydrogens (primary N) is 1. The number of alkyl halides is 3. The zero-order valence-corrected chi connectivity index (χ0v) is 28.7. The number of anilines is 2. The van der Waals surface area contributed by atoms with Crippen LogP contribution in [0.4, 0.5) is 24.8 Å². The third-order valence-electron chi connectivity index (χ3n) is 8.75. The maximum atomic E-state index is 12.4. The van der Waals surface area contributed by atoms with Gasteiger partial charge >= 0.3 is 12.1 Å². The summed E-state index contributed by atoms with van der Waals surface area (Å²) in [6.07, 6.45) is -1.26. The Morgan fingerprint density at radius 3 is 1.81 bits per heavy atom. The van der Waals surface area contributed by atoms with Gasteiger partial charge in [-0.15, -0.1) is 0 Å². The van der Waals surface area contributed by atoms with Crippen molar-refractivity contribution < 1.29 is 47.1 Å². The zero-order chi connectivity index (χ0) is 38.6. The average Bonchev–Trinajstić information content (AvgIpc) is 3.98. The number of aromatic carboxylic acids is 1. The SMILES string of the molecule is CC(O)CN.O=C(CCC(O)C(F)(F)F)c1noc2c1CN(c1ncnc3[nH]ccc13)CC2.O=C(O)c1noc2c1CN(c1ncnc3[nH]ccc13)CC2. The molecular weight excluding hydrogens is 719 g/mol. The molecule has 6 aromatic heterocycles. The Morgan fingerprint density at radius 2 is 1.35 bits per heavy atom. The molecule has 2 aliphatic heterocycles. The molecule has 0 aromatic carbocycles. The van der Waals surface area contributed by atoms with Crippen molar-refractivity contribution in [2.24, 2.45) is 5.73 Å². The van der Waals surface area contributed by atoms with Gasteiger partial charge in [0.25, 0.3) is 0 Å². The Kier molecular flexibility index (Phi) is 11.2. The number of ketones is 1. The summed E-state index contributed by atoms with van der Waals surface area (Å²) in [5.74, 6) is 0.979. The van der Waals surface area contributed by atoms with Crippen LogP contribution in [0.15, 0.2) is 46.2 Å². The van der Waals surface area contributed by atoms with E-state index in [1.54, 1.807) is 19.3 Å². The molecule has 286 valence electrons. The van der Waals surface area contributed by atoms with Gasteiger partial charge in [-0.2, -0.15) is 13.2 Å². The summed E-state index contributed by atoms with van der Waals surface area (Å²) < 4.78 is 47.6. The minimum absolute atomic E-state index is 0.00782. The average molecular weight is 756 g/mol. The van der Waals surface area contributed by atoms with Gasteiger partial charge in [0.1, 0.15) is 53.2 Å². The van der Waals surface area contributed by atoms with Crippen LogP contribution in [0.2, 0.25) is 0 Å². The van der Waals surface area contributed by atoms with E-state index < -0.39 is 36.9 Å². The van der Waals surface area contributed by atoms with Gasteiger partial charge in [-0.25, -0.2) is 24.7 Å². The van der Waals surface area contributed by atoms with Crippen molar-refractivity contribution in [1.82, 2.24) is 40.2 Å². The standard InChI is InChI=1S/C17H16F3N5O3.C13H11N5O3.C3H9NO/c18-17(19,20)13(27)2-1-11(26)14-10-7-25(6-4-12(10)28-24-14)16-9-3-5-21-15(9)22-8-23-16;19-13(20)10-8-5-18(4-2-9(8)21-17-10)12-7-1-3-14-11(7)15-6-16-12;1-3(5)2-4/h3,5,8,13,27H,1-2,4,6-7H2,(H,21,22,23);1,3,6H,2,4-5H2,(H,19,20)(H,14,15,16);3,5H,2,4H2,1H3. The van der Waals surface area contributed by atoms with Gasteiger partial charge in [0.2, 0.25) is 0 Å². The molecule has 0 bridgehead atoms. The van der Waals surface area contributed by atoms with Gasteiger partial charge in [-0.3, -0.25) is 4.79 Å². The predicted octanol–water partition coefficient (Wildman–Crippen LogP) is 2.93. The van der Waals surface area contributed by atoms with Crippen molar-refractivity contribution in [3.8, 4) is 0 Å². The lowest BCUT2D eigenvalue weighted by molar-refractivity contribution is -0.204. The zero-order valence-electron chi connectivity index (χ0n) is 28.7. The van der Waals surface area contributed by atoms with Crippen LogP contribution in [-0.4, -0.2) is 105 Å². The number of carbonyl (C=O) groups is 2. The number of Topliss-reactive ketones (excluding diaryl/α,β-unsaturated/α-hetero) is 1. The van der Waals surface area contributed by atoms with E-state index in [9.17, 15) is 22.8 Å². The number of nitrogens with one attached hydrogen (secondary N) is 2. The summed E-state index contributed by atoms with van der Waals surface area (Å²) in [6.45, 7) is 4.00. The van der Waals surface area contributed by atoms with E-state index >= 15 is 0 Å². The molecule has 0 saturated heterocycles. The van der Waals surface area contributed by atoms with E-state index in [4.69, 9.17) is 30.1 Å². The summed E-state index contributed by atoms with van der Waals surface area (Å²) in [7, 11) is 0. The molecule has 8 heterocycles. The third-order valence-corrected chi connectivity index (χ3v) is 8.75. The fourth-order valence-electron chi connectivity index (χ4n) is 5.94. The number of aromatic amines is 2. The molecule has 0 aliphatic carbocycles. The molecule has 21 heteroatoms. The van der Waals surface area contributed by atoms with Crippen LogP contribution in [0, 0.1) is 0 Å². The van der Waals surface area contributed by atoms with Gasteiger partial charge in [-0.05, 0) is 25.5 Å². The van der Waals surface area contributed by atoms with Gasteiger partial charge < -0.3 is 49.9 Å². The van der Waals surface area contributed by atoms with Crippen molar-refractivity contribution >= 4 is 45.5 Å². The predicted molar refractivity (Wildman–Crippen MR) is 184 cm³/mol. The van der Waals surface area contributed by atoms with Crippen LogP contribution in [0.5, 0.6) is 0 Å². The van der Waals surface area contributed by atoms with Gasteiger partial charge in [-0.1, -0.05) is 10.3 Å². The van der Waals surface area contributed by atoms with Crippen LogP contribution >= 0.6 is 0 Å². The fraction of sp³-hybridized carbons (Fsp3) is 0.394. The number of rotatable bonds is 8. The van der Waals surface area contributed by atoms with Gasteiger partial charge in [0, 0.05) is 62.4 Å². The minimum atomic E-state index is -4.75. The number of carboxylic acid groups (broad SMARTS) is 1. The molecule has 0 fully saturated rings. The minimum Gasteiger partial charge on any atom is -0.476 e. The smallest absolute Gasteiger partial charge is 0.414 e. The summed E-state index contributed by atoms with van der Waals surface area (Å²) in [5.41, 5.74) is 7.51. The molecule has 54 heavy (non-hydrogen) atoms. The molecule has 0 amide bonds. The van der Waals surface area contributed by atoms with Gasteiger partial charge in [0.05, 0.1) is 30.0 Å². The second kappa shape index (κ2) is 16.0. The molecule has 2 aliphatic rings. The fourth-order valence-corrected chi connectivity index (χ4v) is 5.94. The number of halogens is 3. The second-order valence-electron chi connectivity index (χ2n) is 12.5. The number of H-pyrrole nitrogens is 2. The van der Waals surface area contributed by atoms with Crippen LogP contribution < -0.4 is 15.5 Å². The van der Waals surface area contributed by atoms with E-state index in [1.807, 2.05) is 21.9 Å². The van der Waals surface area contributed by atoms with Crippen LogP contribution in [0.25, 0.3) is 22.1 Å². The van der Waals surface area contributed by atoms with Crippen molar-refractivity contribution in [3.63, 3.8) is 0 Å². The van der Waals surface area contributed by atoms with Crippen molar-refractivity contribution in [3.05, 3.63) is 71.2 Å². The van der Waals surface area contributed by atoms with Gasteiger partial charge in [0.15, 0.2) is 17.2 Å². The molecule has 8 rings (SSSR count). The molecule has 18 nitrogen and oxygen atoms in total. The number of aromatic nitrogens is 8. The number of hydrogen-bond acceptors (Lipinski definition) is 15. The first-order chi connectivity index (χ1) is 25.8. The Bertz CT molecular complexity index is 2230. The first-order valence-corrected chi connectivity index (χ1v) is 16.8. The summed E-state index contributed by atoms with van der Waals surface area (Å²) in [4.78, 5) is 50.5. The quantitative estimate of drug-likeness (QED) is 0.122. The molecule has 0 spiro atoms. The maximum Gasteiger partial charge on any atom is 0.414 e. The van der Waals surface area contributed by atoms with E-state index in [0.29, 0.717) is 79.7 Å². The van der Waals surface area contributed by atoms with Crippen LogP contribution in [-0.2, 0) is 25.9 Å². The monoisotopic (exact) mass is 755 g/mol. The molecule has 0 radical (unpaired) electrons. The van der Waals surface area contributed by atoms with Crippen molar-refractivity contribution in [2.45, 2.75) is 64.1 Å². The Balaban J connectivity index is 0.000000169. The molecule has 0 saturated carbocycles. The highest BCUT2D eigenvalue weighted by Gasteiger charge is 2.38. The number of aliphatic hydroxyl groups excluding tert-OH is 2. The number of aliphatic hydroxyl groups is 2. The molecule has 6 aromatic rings. The number of carbonyl (C=O) groups excluding carboxylic acids is 1. The number of carboxylic acids is 1.